The summed E-state index contributed by atoms with van der Waals surface area (Å²) in [6.07, 6.45) is 0.290. The SMILES string of the molecule is CC(C)(C)NC(=O)Cc1csc(-c2ccc3c(c2)OCCO3)n1. The Morgan fingerprint density at radius 2 is 2.00 bits per heavy atom. The molecule has 1 N–H and O–H groups in total. The summed E-state index contributed by atoms with van der Waals surface area (Å²) in [5.41, 5.74) is 1.52. The van der Waals surface area contributed by atoms with Crippen molar-refractivity contribution >= 4 is 17.2 Å². The van der Waals surface area contributed by atoms with Crippen LogP contribution in [0.2, 0.25) is 0 Å². The molecule has 1 aliphatic heterocycles. The number of carbonyl (C=O) groups is 1. The number of hydrogen-bond donors (Lipinski definition) is 1. The van der Waals surface area contributed by atoms with Gasteiger partial charge in [0, 0.05) is 16.5 Å². The van der Waals surface area contributed by atoms with Crippen molar-refractivity contribution < 1.29 is 14.3 Å². The molecule has 1 aromatic heterocycles. The van der Waals surface area contributed by atoms with Crippen LogP contribution >= 0.6 is 11.3 Å². The fourth-order valence-corrected chi connectivity index (χ4v) is 3.14. The molecule has 5 nitrogen and oxygen atoms in total. The van der Waals surface area contributed by atoms with Gasteiger partial charge in [-0.25, -0.2) is 4.98 Å². The van der Waals surface area contributed by atoms with Crippen molar-refractivity contribution in [3.8, 4) is 22.1 Å². The molecule has 0 radical (unpaired) electrons. The second-order valence-corrected chi connectivity index (χ2v) is 7.34. The smallest absolute Gasteiger partial charge is 0.226 e. The van der Waals surface area contributed by atoms with Crippen LogP contribution in [0.4, 0.5) is 0 Å². The van der Waals surface area contributed by atoms with E-state index in [9.17, 15) is 4.79 Å². The van der Waals surface area contributed by atoms with Gasteiger partial charge in [-0.05, 0) is 39.0 Å². The lowest BCUT2D eigenvalue weighted by Crippen LogP contribution is -2.41. The van der Waals surface area contributed by atoms with Crippen LogP contribution in [0, 0.1) is 0 Å². The van der Waals surface area contributed by atoms with Crippen LogP contribution in [-0.2, 0) is 11.2 Å². The molecular weight excluding hydrogens is 312 g/mol. The molecular formula is C17H20N2O3S. The Hall–Kier alpha value is -2.08. The summed E-state index contributed by atoms with van der Waals surface area (Å²) in [6.45, 7) is 7.04. The van der Waals surface area contributed by atoms with Gasteiger partial charge in [0.15, 0.2) is 11.5 Å². The van der Waals surface area contributed by atoms with E-state index in [0.29, 0.717) is 19.6 Å². The predicted octanol–water partition coefficient (Wildman–Crippen LogP) is 3.04. The summed E-state index contributed by atoms with van der Waals surface area (Å²) in [5, 5.41) is 5.75. The molecule has 0 saturated heterocycles. The van der Waals surface area contributed by atoms with Gasteiger partial charge in [-0.2, -0.15) is 0 Å². The van der Waals surface area contributed by atoms with Crippen molar-refractivity contribution in [1.29, 1.82) is 0 Å². The topological polar surface area (TPSA) is 60.5 Å². The quantitative estimate of drug-likeness (QED) is 0.938. The molecule has 0 unspecified atom stereocenters. The maximum Gasteiger partial charge on any atom is 0.226 e. The Bertz CT molecular complexity index is 719. The van der Waals surface area contributed by atoms with Gasteiger partial charge in [0.1, 0.15) is 18.2 Å². The Balaban J connectivity index is 1.73. The molecule has 23 heavy (non-hydrogen) atoms. The molecule has 3 rings (SSSR count). The third-order valence-corrected chi connectivity index (χ3v) is 4.14. The lowest BCUT2D eigenvalue weighted by atomic mass is 10.1. The van der Waals surface area contributed by atoms with E-state index >= 15 is 0 Å². The van der Waals surface area contributed by atoms with E-state index in [2.05, 4.69) is 10.3 Å². The monoisotopic (exact) mass is 332 g/mol. The average Bonchev–Trinajstić information content (AvgIpc) is 2.93. The number of ether oxygens (including phenoxy) is 2. The normalized spacial score (nSPS) is 13.7. The molecule has 1 aromatic carbocycles. The summed E-state index contributed by atoms with van der Waals surface area (Å²) in [4.78, 5) is 16.5. The maximum atomic E-state index is 12.0. The summed E-state index contributed by atoms with van der Waals surface area (Å²) in [5.74, 6) is 1.49. The van der Waals surface area contributed by atoms with Crippen molar-refractivity contribution in [2.75, 3.05) is 13.2 Å². The first-order chi connectivity index (χ1) is 10.9. The van der Waals surface area contributed by atoms with Crippen LogP contribution in [0.1, 0.15) is 26.5 Å². The zero-order valence-electron chi connectivity index (χ0n) is 13.5. The van der Waals surface area contributed by atoms with Crippen molar-refractivity contribution in [2.24, 2.45) is 0 Å². The Labute approximate surface area is 139 Å². The van der Waals surface area contributed by atoms with Crippen LogP contribution < -0.4 is 14.8 Å². The number of fused-ring (bicyclic) bond motifs is 1. The van der Waals surface area contributed by atoms with E-state index in [1.165, 1.54) is 11.3 Å². The fraction of sp³-hybridized carbons (Fsp3) is 0.412. The lowest BCUT2D eigenvalue weighted by molar-refractivity contribution is -0.121. The minimum Gasteiger partial charge on any atom is -0.486 e. The standard InChI is InChI=1S/C17H20N2O3S/c1-17(2,3)19-15(20)9-12-10-23-16(18-12)11-4-5-13-14(8-11)22-7-6-21-13/h4-5,8,10H,6-7,9H2,1-3H3,(H,19,20). The van der Waals surface area contributed by atoms with Gasteiger partial charge < -0.3 is 14.8 Å². The number of thiazole rings is 1. The lowest BCUT2D eigenvalue weighted by Gasteiger charge is -2.20. The van der Waals surface area contributed by atoms with Gasteiger partial charge in [0.2, 0.25) is 5.91 Å². The van der Waals surface area contributed by atoms with Crippen LogP contribution in [0.5, 0.6) is 11.5 Å². The summed E-state index contributed by atoms with van der Waals surface area (Å²) in [7, 11) is 0. The molecule has 6 heteroatoms. The average molecular weight is 332 g/mol. The summed E-state index contributed by atoms with van der Waals surface area (Å²) < 4.78 is 11.1. The van der Waals surface area contributed by atoms with Gasteiger partial charge in [0.25, 0.3) is 0 Å². The summed E-state index contributed by atoms with van der Waals surface area (Å²) >= 11 is 1.53. The number of carbonyl (C=O) groups excluding carboxylic acids is 1. The highest BCUT2D eigenvalue weighted by Crippen LogP contribution is 2.35. The second kappa shape index (κ2) is 6.20. The minimum atomic E-state index is -0.230. The molecule has 0 spiro atoms. The van der Waals surface area contributed by atoms with Crippen molar-refractivity contribution in [1.82, 2.24) is 10.3 Å². The molecule has 0 saturated carbocycles. The number of nitrogens with one attached hydrogen (secondary N) is 1. The van der Waals surface area contributed by atoms with Crippen LogP contribution in [-0.4, -0.2) is 29.6 Å². The van der Waals surface area contributed by atoms with E-state index in [1.54, 1.807) is 0 Å². The highest BCUT2D eigenvalue weighted by Gasteiger charge is 2.17. The first kappa shape index (κ1) is 15.8. The van der Waals surface area contributed by atoms with Crippen LogP contribution in [0.15, 0.2) is 23.6 Å². The first-order valence-corrected chi connectivity index (χ1v) is 8.44. The van der Waals surface area contributed by atoms with E-state index in [1.807, 2.05) is 44.4 Å². The zero-order chi connectivity index (χ0) is 16.4. The minimum absolute atomic E-state index is 0.0171. The number of amides is 1. The van der Waals surface area contributed by atoms with E-state index < -0.39 is 0 Å². The van der Waals surface area contributed by atoms with E-state index in [0.717, 1.165) is 27.8 Å². The number of hydrogen-bond acceptors (Lipinski definition) is 5. The molecule has 0 atom stereocenters. The fourth-order valence-electron chi connectivity index (χ4n) is 2.32. The van der Waals surface area contributed by atoms with E-state index in [4.69, 9.17) is 9.47 Å². The van der Waals surface area contributed by atoms with Crippen molar-refractivity contribution in [3.63, 3.8) is 0 Å². The molecule has 2 aromatic rings. The number of aromatic nitrogens is 1. The zero-order valence-corrected chi connectivity index (χ0v) is 14.3. The predicted molar refractivity (Wildman–Crippen MR) is 90.1 cm³/mol. The maximum absolute atomic E-state index is 12.0. The van der Waals surface area contributed by atoms with Gasteiger partial charge in [-0.1, -0.05) is 0 Å². The largest absolute Gasteiger partial charge is 0.486 e. The highest BCUT2D eigenvalue weighted by molar-refractivity contribution is 7.13. The molecule has 2 heterocycles. The Kier molecular flexibility index (Phi) is 4.26. The van der Waals surface area contributed by atoms with Crippen LogP contribution in [0.3, 0.4) is 0 Å². The molecule has 1 aliphatic rings. The summed E-state index contributed by atoms with van der Waals surface area (Å²) in [6, 6.07) is 5.80. The second-order valence-electron chi connectivity index (χ2n) is 6.48. The molecule has 122 valence electrons. The Morgan fingerprint density at radius 1 is 1.26 bits per heavy atom. The molecule has 0 fully saturated rings. The molecule has 0 bridgehead atoms. The molecule has 0 aliphatic carbocycles. The van der Waals surface area contributed by atoms with Gasteiger partial charge in [-0.3, -0.25) is 4.79 Å². The number of nitrogens with zero attached hydrogens (tertiary/aromatic N) is 1. The number of rotatable bonds is 3. The van der Waals surface area contributed by atoms with Gasteiger partial charge >= 0.3 is 0 Å². The molecule has 1 amide bonds. The Morgan fingerprint density at radius 3 is 2.74 bits per heavy atom. The number of benzene rings is 1. The highest BCUT2D eigenvalue weighted by atomic mass is 32.1. The first-order valence-electron chi connectivity index (χ1n) is 7.56. The van der Waals surface area contributed by atoms with Gasteiger partial charge in [0.05, 0.1) is 12.1 Å². The van der Waals surface area contributed by atoms with Crippen LogP contribution in [0.25, 0.3) is 10.6 Å². The third-order valence-electron chi connectivity index (χ3n) is 3.20. The van der Waals surface area contributed by atoms with Crippen molar-refractivity contribution in [3.05, 3.63) is 29.3 Å². The van der Waals surface area contributed by atoms with Crippen molar-refractivity contribution in [2.45, 2.75) is 32.7 Å². The van der Waals surface area contributed by atoms with Gasteiger partial charge in [-0.15, -0.1) is 11.3 Å². The van der Waals surface area contributed by atoms with E-state index in [-0.39, 0.29) is 11.4 Å². The third kappa shape index (κ3) is 4.01.